The normalized spacial score (nSPS) is 12.2. The Labute approximate surface area is 123 Å². The lowest BCUT2D eigenvalue weighted by Gasteiger charge is -2.28. The fourth-order valence-electron chi connectivity index (χ4n) is 3.47. The summed E-state index contributed by atoms with van der Waals surface area (Å²) in [6.45, 7) is 9.37. The molecule has 0 aliphatic rings. The molecule has 20 heavy (non-hydrogen) atoms. The molecule has 0 saturated carbocycles. The van der Waals surface area contributed by atoms with Gasteiger partial charge in [0, 0.05) is 22.8 Å². The molecule has 3 heteroatoms. The van der Waals surface area contributed by atoms with E-state index in [0.717, 1.165) is 6.42 Å². The smallest absolute Gasteiger partial charge is 0.107 e. The molecule has 0 saturated heterocycles. The van der Waals surface area contributed by atoms with Crippen LogP contribution in [0.2, 0.25) is 18.1 Å². The van der Waals surface area contributed by atoms with Gasteiger partial charge >= 0.3 is 0 Å². The van der Waals surface area contributed by atoms with Crippen LogP contribution in [0.1, 0.15) is 31.9 Å². The summed E-state index contributed by atoms with van der Waals surface area (Å²) in [6.07, 6.45) is 0.771. The Kier molecular flexibility index (Phi) is 4.71. The number of aliphatic hydroxyl groups is 1. The maximum atomic E-state index is 9.48. The average Bonchev–Trinajstić information content (AvgIpc) is 2.81. The van der Waals surface area contributed by atoms with Crippen molar-refractivity contribution in [3.8, 4) is 0 Å². The quantitative estimate of drug-likeness (QED) is 0.781. The van der Waals surface area contributed by atoms with E-state index in [4.69, 9.17) is 0 Å². The summed E-state index contributed by atoms with van der Waals surface area (Å²) >= 11 is 0. The van der Waals surface area contributed by atoms with Gasteiger partial charge in [-0.3, -0.25) is 0 Å². The highest BCUT2D eigenvalue weighted by atomic mass is 28.3. The van der Waals surface area contributed by atoms with Crippen molar-refractivity contribution >= 4 is 24.3 Å². The number of rotatable bonds is 6. The molecular formula is C17H27NOSi. The molecule has 0 aliphatic carbocycles. The Hall–Kier alpha value is -1.06. The largest absolute Gasteiger partial charge is 0.396 e. The van der Waals surface area contributed by atoms with Gasteiger partial charge in [-0.15, -0.1) is 0 Å². The molecule has 2 aromatic rings. The number of aryl methyl sites for hydroxylation is 1. The van der Waals surface area contributed by atoms with Crippen LogP contribution in [0.3, 0.4) is 0 Å². The van der Waals surface area contributed by atoms with Gasteiger partial charge in [-0.1, -0.05) is 50.5 Å². The minimum absolute atomic E-state index is 0.232. The van der Waals surface area contributed by atoms with Crippen LogP contribution >= 0.6 is 0 Å². The molecule has 1 heterocycles. The van der Waals surface area contributed by atoms with Crippen LogP contribution in [0.25, 0.3) is 10.9 Å². The Morgan fingerprint density at radius 2 is 1.75 bits per heavy atom. The fraction of sp³-hybridized carbons (Fsp3) is 0.529. The first kappa shape index (κ1) is 15.3. The van der Waals surface area contributed by atoms with E-state index < -0.39 is 8.07 Å². The minimum atomic E-state index is -1.44. The summed E-state index contributed by atoms with van der Waals surface area (Å²) in [4.78, 5) is 3.72. The molecule has 0 aliphatic heterocycles. The first-order valence-corrected chi connectivity index (χ1v) is 10.5. The van der Waals surface area contributed by atoms with E-state index in [2.05, 4.69) is 50.9 Å². The molecule has 0 amide bonds. The van der Waals surface area contributed by atoms with Crippen LogP contribution < -0.4 is 5.32 Å². The molecular weight excluding hydrogens is 262 g/mol. The molecule has 2 nitrogen and oxygen atoms in total. The number of aromatic amines is 1. The monoisotopic (exact) mass is 289 g/mol. The van der Waals surface area contributed by atoms with Crippen LogP contribution in [0, 0.1) is 6.92 Å². The predicted molar refractivity (Wildman–Crippen MR) is 90.7 cm³/mol. The molecule has 0 bridgehead atoms. The number of benzene rings is 1. The summed E-state index contributed by atoms with van der Waals surface area (Å²) in [5.41, 5.74) is 3.91. The summed E-state index contributed by atoms with van der Waals surface area (Å²) in [6, 6.07) is 10.4. The van der Waals surface area contributed by atoms with Gasteiger partial charge in [0.25, 0.3) is 0 Å². The van der Waals surface area contributed by atoms with Crippen LogP contribution in [0.15, 0.2) is 18.2 Å². The van der Waals surface area contributed by atoms with Crippen molar-refractivity contribution < 1.29 is 5.11 Å². The van der Waals surface area contributed by atoms with E-state index in [1.807, 2.05) is 0 Å². The molecule has 0 atom stereocenters. The first-order valence-electron chi connectivity index (χ1n) is 7.84. The standard InChI is InChI=1S/C17H27NOSi/c1-5-20(6-2,7-3)17-14(10-11-19)15-12-13(4)8-9-16(15)18-17/h8-9,12,18-19H,5-7,10-11H2,1-4H3. The number of fused-ring (bicyclic) bond motifs is 1. The zero-order valence-electron chi connectivity index (χ0n) is 13.2. The molecule has 1 aromatic heterocycles. The highest BCUT2D eigenvalue weighted by Gasteiger charge is 2.33. The molecule has 0 unspecified atom stereocenters. The van der Waals surface area contributed by atoms with Gasteiger partial charge in [-0.25, -0.2) is 0 Å². The zero-order chi connectivity index (χ0) is 14.8. The number of aromatic nitrogens is 1. The summed E-state index contributed by atoms with van der Waals surface area (Å²) in [5, 5.41) is 12.3. The fourth-order valence-corrected chi connectivity index (χ4v) is 7.33. The summed E-state index contributed by atoms with van der Waals surface area (Å²) < 4.78 is 0. The van der Waals surface area contributed by atoms with Crippen molar-refractivity contribution in [1.82, 2.24) is 4.98 Å². The van der Waals surface area contributed by atoms with Crippen molar-refractivity contribution in [2.24, 2.45) is 0 Å². The van der Waals surface area contributed by atoms with E-state index in [9.17, 15) is 5.11 Å². The van der Waals surface area contributed by atoms with E-state index >= 15 is 0 Å². The highest BCUT2D eigenvalue weighted by Crippen LogP contribution is 2.27. The van der Waals surface area contributed by atoms with Gasteiger partial charge < -0.3 is 10.1 Å². The van der Waals surface area contributed by atoms with Crippen molar-refractivity contribution in [2.45, 2.75) is 52.2 Å². The molecule has 0 radical (unpaired) electrons. The molecule has 2 rings (SSSR count). The lowest BCUT2D eigenvalue weighted by Crippen LogP contribution is -2.48. The van der Waals surface area contributed by atoms with Crippen molar-refractivity contribution in [1.29, 1.82) is 0 Å². The number of nitrogens with one attached hydrogen (secondary N) is 1. The highest BCUT2D eigenvalue weighted by molar-refractivity contribution is 6.91. The maximum Gasteiger partial charge on any atom is 0.107 e. The van der Waals surface area contributed by atoms with Gasteiger partial charge in [0.1, 0.15) is 8.07 Å². The van der Waals surface area contributed by atoms with Crippen LogP contribution in [0.5, 0.6) is 0 Å². The van der Waals surface area contributed by atoms with Crippen LogP contribution in [-0.4, -0.2) is 24.8 Å². The Morgan fingerprint density at radius 1 is 1.10 bits per heavy atom. The second-order valence-electron chi connectivity index (χ2n) is 5.84. The van der Waals surface area contributed by atoms with Gasteiger partial charge in [-0.2, -0.15) is 0 Å². The predicted octanol–water partition coefficient (Wildman–Crippen LogP) is 3.73. The van der Waals surface area contributed by atoms with Gasteiger partial charge in [-0.05, 0) is 31.0 Å². The third-order valence-electron chi connectivity index (χ3n) is 4.98. The molecule has 0 spiro atoms. The number of H-pyrrole nitrogens is 1. The zero-order valence-corrected chi connectivity index (χ0v) is 14.2. The topological polar surface area (TPSA) is 36.0 Å². The van der Waals surface area contributed by atoms with E-state index in [1.165, 1.54) is 45.5 Å². The second kappa shape index (κ2) is 6.14. The van der Waals surface area contributed by atoms with Crippen LogP contribution in [0.4, 0.5) is 0 Å². The molecule has 110 valence electrons. The lowest BCUT2D eigenvalue weighted by molar-refractivity contribution is 0.300. The Bertz CT molecular complexity index is 576. The number of hydrogen-bond donors (Lipinski definition) is 2. The Balaban J connectivity index is 2.71. The van der Waals surface area contributed by atoms with Crippen LogP contribution in [-0.2, 0) is 6.42 Å². The first-order chi connectivity index (χ1) is 9.61. The van der Waals surface area contributed by atoms with E-state index in [-0.39, 0.29) is 6.61 Å². The average molecular weight is 289 g/mol. The van der Waals surface area contributed by atoms with E-state index in [0.29, 0.717) is 0 Å². The van der Waals surface area contributed by atoms with Crippen molar-refractivity contribution in [3.63, 3.8) is 0 Å². The second-order valence-corrected chi connectivity index (χ2v) is 11.0. The SMILES string of the molecule is CC[Si](CC)(CC)c1[nH]c2ccc(C)cc2c1CCO. The minimum Gasteiger partial charge on any atom is -0.396 e. The van der Waals surface area contributed by atoms with Gasteiger partial charge in [0.15, 0.2) is 0 Å². The Morgan fingerprint density at radius 3 is 2.30 bits per heavy atom. The molecule has 1 aromatic carbocycles. The molecule has 2 N–H and O–H groups in total. The third-order valence-corrected chi connectivity index (χ3v) is 10.5. The van der Waals surface area contributed by atoms with Gasteiger partial charge in [0.05, 0.1) is 0 Å². The molecule has 0 fully saturated rings. The van der Waals surface area contributed by atoms with E-state index in [1.54, 1.807) is 0 Å². The lowest BCUT2D eigenvalue weighted by atomic mass is 10.1. The number of aliphatic hydroxyl groups excluding tert-OH is 1. The number of hydrogen-bond acceptors (Lipinski definition) is 1. The summed E-state index contributed by atoms with van der Waals surface area (Å²) in [7, 11) is -1.44. The van der Waals surface area contributed by atoms with Crippen molar-refractivity contribution in [2.75, 3.05) is 6.61 Å². The van der Waals surface area contributed by atoms with Crippen molar-refractivity contribution in [3.05, 3.63) is 29.3 Å². The third kappa shape index (κ3) is 2.45. The summed E-state index contributed by atoms with van der Waals surface area (Å²) in [5.74, 6) is 0. The maximum absolute atomic E-state index is 9.48. The van der Waals surface area contributed by atoms with Gasteiger partial charge in [0.2, 0.25) is 0 Å².